The van der Waals surface area contributed by atoms with E-state index in [1.807, 2.05) is 0 Å². The molecule has 0 aromatic carbocycles. The second-order valence-electron chi connectivity index (χ2n) is 3.63. The first-order valence-corrected chi connectivity index (χ1v) is 6.21. The molecule has 5 nitrogen and oxygen atoms in total. The third-order valence-corrected chi connectivity index (χ3v) is 4.45. The topological polar surface area (TPSA) is 72.5 Å². The number of hydrogen-bond donors (Lipinski definition) is 1. The predicted octanol–water partition coefficient (Wildman–Crippen LogP) is -0.674. The van der Waals surface area contributed by atoms with Crippen molar-refractivity contribution in [2.24, 2.45) is 0 Å². The molecule has 14 heavy (non-hydrogen) atoms. The molecule has 0 aromatic rings. The first kappa shape index (κ1) is 11.5. The summed E-state index contributed by atoms with van der Waals surface area (Å²) in [5.74, 6) is -0.215. The molecule has 0 bridgehead atoms. The van der Waals surface area contributed by atoms with Crippen LogP contribution in [-0.2, 0) is 19.4 Å². The molecule has 1 atom stereocenters. The van der Waals surface area contributed by atoms with Crippen molar-refractivity contribution in [2.75, 3.05) is 25.7 Å². The fraction of sp³-hybridized carbons (Fsp3) is 0.875. The molecule has 0 amide bonds. The normalized spacial score (nSPS) is 30.1. The van der Waals surface area contributed by atoms with Crippen molar-refractivity contribution in [2.45, 2.75) is 18.4 Å². The Morgan fingerprint density at radius 1 is 1.57 bits per heavy atom. The average Bonchev–Trinajstić information content (AvgIpc) is 2.42. The summed E-state index contributed by atoms with van der Waals surface area (Å²) < 4.78 is 27.1. The first-order chi connectivity index (χ1) is 6.43. The summed E-state index contributed by atoms with van der Waals surface area (Å²) in [5.41, 5.74) is -0.619. The van der Waals surface area contributed by atoms with Gasteiger partial charge in [0.05, 0.1) is 25.0 Å². The lowest BCUT2D eigenvalue weighted by atomic mass is 9.95. The molecular formula is C8H15NO4S. The van der Waals surface area contributed by atoms with Crippen LogP contribution in [0.3, 0.4) is 0 Å². The highest BCUT2D eigenvalue weighted by Crippen LogP contribution is 2.26. The Bertz CT molecular complexity index is 324. The molecule has 6 heteroatoms. The van der Waals surface area contributed by atoms with E-state index in [9.17, 15) is 13.2 Å². The van der Waals surface area contributed by atoms with Gasteiger partial charge in [0.25, 0.3) is 0 Å². The summed E-state index contributed by atoms with van der Waals surface area (Å²) in [5, 5.41) is 2.92. The number of carbonyl (C=O) groups is 1. The third kappa shape index (κ3) is 2.45. The Labute approximate surface area is 83.7 Å². The zero-order valence-corrected chi connectivity index (χ0v) is 9.19. The predicted molar refractivity (Wildman–Crippen MR) is 51.7 cm³/mol. The van der Waals surface area contributed by atoms with E-state index >= 15 is 0 Å². The Morgan fingerprint density at radius 2 is 2.21 bits per heavy atom. The Balaban J connectivity index is 2.75. The number of carbonyl (C=O) groups excluding carboxylic acids is 1. The number of ether oxygens (including phenoxy) is 1. The second-order valence-corrected chi connectivity index (χ2v) is 5.81. The van der Waals surface area contributed by atoms with Gasteiger partial charge in [-0.3, -0.25) is 4.79 Å². The maximum atomic E-state index is 11.3. The standard InChI is InChI=1S/C8H15NO4S/c1-9-8(5-7(10)13-2)3-4-14(11,12)6-8/h9H,3-6H2,1-2H3. The van der Waals surface area contributed by atoms with Crippen LogP contribution in [-0.4, -0.2) is 45.6 Å². The molecule has 1 rings (SSSR count). The lowest BCUT2D eigenvalue weighted by Gasteiger charge is -2.25. The van der Waals surface area contributed by atoms with Gasteiger partial charge in [-0.1, -0.05) is 0 Å². The minimum absolute atomic E-state index is 0.0194. The van der Waals surface area contributed by atoms with Crippen LogP contribution in [0.4, 0.5) is 0 Å². The molecule has 0 spiro atoms. The molecule has 0 saturated carbocycles. The Hall–Kier alpha value is -0.620. The molecular weight excluding hydrogens is 206 g/mol. The SMILES string of the molecule is CNC1(CC(=O)OC)CCS(=O)(=O)C1. The average molecular weight is 221 g/mol. The van der Waals surface area contributed by atoms with Crippen LogP contribution in [0.5, 0.6) is 0 Å². The maximum absolute atomic E-state index is 11.3. The van der Waals surface area contributed by atoms with Gasteiger partial charge in [-0.25, -0.2) is 8.42 Å². The van der Waals surface area contributed by atoms with E-state index in [4.69, 9.17) is 0 Å². The fourth-order valence-electron chi connectivity index (χ4n) is 1.69. The van der Waals surface area contributed by atoms with E-state index in [1.165, 1.54) is 7.11 Å². The molecule has 0 aromatic heterocycles. The molecule has 1 saturated heterocycles. The lowest BCUT2D eigenvalue weighted by Crippen LogP contribution is -2.46. The van der Waals surface area contributed by atoms with Crippen LogP contribution in [0, 0.1) is 0 Å². The van der Waals surface area contributed by atoms with E-state index in [0.29, 0.717) is 6.42 Å². The quantitative estimate of drug-likeness (QED) is 0.640. The van der Waals surface area contributed by atoms with Crippen LogP contribution in [0.25, 0.3) is 0 Å². The van der Waals surface area contributed by atoms with E-state index in [0.717, 1.165) is 0 Å². The molecule has 1 aliphatic rings. The van der Waals surface area contributed by atoms with Gasteiger partial charge < -0.3 is 10.1 Å². The Morgan fingerprint density at radius 3 is 2.57 bits per heavy atom. The van der Waals surface area contributed by atoms with Crippen molar-refractivity contribution < 1.29 is 17.9 Å². The third-order valence-electron chi connectivity index (χ3n) is 2.63. The smallest absolute Gasteiger partial charge is 0.307 e. The van der Waals surface area contributed by atoms with Crippen molar-refractivity contribution in [3.63, 3.8) is 0 Å². The molecule has 1 aliphatic heterocycles. The van der Waals surface area contributed by atoms with E-state index in [2.05, 4.69) is 10.1 Å². The highest BCUT2D eigenvalue weighted by atomic mass is 32.2. The van der Waals surface area contributed by atoms with Crippen LogP contribution in [0.2, 0.25) is 0 Å². The first-order valence-electron chi connectivity index (χ1n) is 4.39. The lowest BCUT2D eigenvalue weighted by molar-refractivity contribution is -0.142. The van der Waals surface area contributed by atoms with Crippen LogP contribution in [0.1, 0.15) is 12.8 Å². The van der Waals surface area contributed by atoms with E-state index in [1.54, 1.807) is 7.05 Å². The van der Waals surface area contributed by atoms with Gasteiger partial charge in [0.15, 0.2) is 9.84 Å². The zero-order chi connectivity index (χ0) is 10.8. The van der Waals surface area contributed by atoms with Crippen LogP contribution in [0.15, 0.2) is 0 Å². The minimum atomic E-state index is -2.99. The summed E-state index contributed by atoms with van der Waals surface area (Å²) in [7, 11) is -0.0190. The van der Waals surface area contributed by atoms with Gasteiger partial charge in [-0.05, 0) is 13.5 Å². The van der Waals surface area contributed by atoms with Crippen molar-refractivity contribution in [1.82, 2.24) is 5.32 Å². The minimum Gasteiger partial charge on any atom is -0.469 e. The summed E-state index contributed by atoms with van der Waals surface area (Å²) >= 11 is 0. The van der Waals surface area contributed by atoms with E-state index in [-0.39, 0.29) is 23.9 Å². The molecule has 82 valence electrons. The number of sulfone groups is 1. The van der Waals surface area contributed by atoms with Crippen LogP contribution < -0.4 is 5.32 Å². The van der Waals surface area contributed by atoms with Gasteiger partial charge >= 0.3 is 5.97 Å². The number of rotatable bonds is 3. The monoisotopic (exact) mass is 221 g/mol. The van der Waals surface area contributed by atoms with Gasteiger partial charge in [0, 0.05) is 5.54 Å². The van der Waals surface area contributed by atoms with Crippen molar-refractivity contribution in [1.29, 1.82) is 0 Å². The molecule has 1 unspecified atom stereocenters. The van der Waals surface area contributed by atoms with Gasteiger partial charge in [0.1, 0.15) is 0 Å². The summed E-state index contributed by atoms with van der Waals surface area (Å²) in [4.78, 5) is 11.1. The van der Waals surface area contributed by atoms with Crippen molar-refractivity contribution in [3.8, 4) is 0 Å². The molecule has 1 heterocycles. The Kier molecular flexibility index (Phi) is 3.16. The number of nitrogens with one attached hydrogen (secondary N) is 1. The molecule has 1 fully saturated rings. The van der Waals surface area contributed by atoms with E-state index < -0.39 is 15.4 Å². The molecule has 0 aliphatic carbocycles. The van der Waals surface area contributed by atoms with Gasteiger partial charge in [-0.15, -0.1) is 0 Å². The largest absolute Gasteiger partial charge is 0.469 e. The summed E-state index contributed by atoms with van der Waals surface area (Å²) in [6, 6.07) is 0. The van der Waals surface area contributed by atoms with Crippen molar-refractivity contribution in [3.05, 3.63) is 0 Å². The van der Waals surface area contributed by atoms with Gasteiger partial charge in [-0.2, -0.15) is 0 Å². The number of hydrogen-bond acceptors (Lipinski definition) is 5. The molecule has 0 radical (unpaired) electrons. The molecule has 1 N–H and O–H groups in total. The maximum Gasteiger partial charge on any atom is 0.307 e. The summed E-state index contributed by atoms with van der Waals surface area (Å²) in [6.45, 7) is 0. The number of esters is 1. The second kappa shape index (κ2) is 3.86. The van der Waals surface area contributed by atoms with Gasteiger partial charge in [0.2, 0.25) is 0 Å². The highest BCUT2D eigenvalue weighted by Gasteiger charge is 2.42. The number of methoxy groups -OCH3 is 1. The van der Waals surface area contributed by atoms with Crippen molar-refractivity contribution >= 4 is 15.8 Å². The highest BCUT2D eigenvalue weighted by molar-refractivity contribution is 7.91. The fourth-order valence-corrected chi connectivity index (χ4v) is 3.77. The summed E-state index contributed by atoms with van der Waals surface area (Å²) in [6.07, 6.45) is 0.583. The van der Waals surface area contributed by atoms with Crippen LogP contribution >= 0.6 is 0 Å². The zero-order valence-electron chi connectivity index (χ0n) is 8.37.